The van der Waals surface area contributed by atoms with Crippen molar-refractivity contribution in [2.24, 2.45) is 0 Å². The van der Waals surface area contributed by atoms with Crippen LogP contribution in [0.2, 0.25) is 0 Å². The van der Waals surface area contributed by atoms with Crippen LogP contribution >= 0.6 is 0 Å². The van der Waals surface area contributed by atoms with Gasteiger partial charge in [0.05, 0.1) is 7.11 Å². The van der Waals surface area contributed by atoms with Crippen LogP contribution in [0.4, 0.5) is 0 Å². The van der Waals surface area contributed by atoms with E-state index in [1.54, 1.807) is 7.11 Å². The molecule has 0 bridgehead atoms. The topological polar surface area (TPSA) is 9.23 Å². The summed E-state index contributed by atoms with van der Waals surface area (Å²) in [5.41, 5.74) is 0. The van der Waals surface area contributed by atoms with Crippen molar-refractivity contribution in [3.63, 3.8) is 0 Å². The van der Waals surface area contributed by atoms with Gasteiger partial charge in [0.2, 0.25) is 0 Å². The summed E-state index contributed by atoms with van der Waals surface area (Å²) in [7, 11) is 1.66. The zero-order chi connectivity index (χ0) is 5.82. The monoisotopic (exact) mass is 167 g/mol. The van der Waals surface area contributed by atoms with Gasteiger partial charge in [-0.3, -0.25) is 0 Å². The molecule has 0 spiro atoms. The number of hydrogen-bond donors (Lipinski definition) is 0. The van der Waals surface area contributed by atoms with Gasteiger partial charge in [0.15, 0.2) is 0 Å². The van der Waals surface area contributed by atoms with Crippen LogP contribution in [0.1, 0.15) is 0 Å². The second-order valence-electron chi connectivity index (χ2n) is 1.52. The molecule has 1 aromatic carbocycles. The molecule has 0 N–H and O–H groups in total. The Labute approximate surface area is 65.2 Å². The van der Waals surface area contributed by atoms with E-state index in [-0.39, 0.29) is 16.8 Å². The molecular weight excluding hydrogens is 159 g/mol. The fraction of sp³-hybridized carbons (Fsp3) is 0.143. The molecule has 0 unspecified atom stereocenters. The largest absolute Gasteiger partial charge is 0.497 e. The summed E-state index contributed by atoms with van der Waals surface area (Å²) in [5.74, 6) is 0.910. The zero-order valence-electron chi connectivity index (χ0n) is 5.13. The first-order valence-electron chi connectivity index (χ1n) is 2.52. The molecule has 0 aliphatic rings. The second kappa shape index (κ2) is 4.41. The van der Waals surface area contributed by atoms with Crippen molar-refractivity contribution >= 4 is 0 Å². The zero-order valence-corrected chi connectivity index (χ0v) is 6.17. The maximum absolute atomic E-state index is 4.91. The molecule has 0 saturated carbocycles. The molecule has 0 saturated heterocycles. The van der Waals surface area contributed by atoms with E-state index in [1.165, 1.54) is 0 Å². The van der Waals surface area contributed by atoms with Crippen molar-refractivity contribution in [3.8, 4) is 5.75 Å². The van der Waals surface area contributed by atoms with Crippen LogP contribution in [-0.4, -0.2) is 7.11 Å². The molecule has 2 heteroatoms. The van der Waals surface area contributed by atoms with E-state index < -0.39 is 0 Å². The third-order valence-electron chi connectivity index (χ3n) is 0.979. The van der Waals surface area contributed by atoms with Crippen LogP contribution in [-0.2, 0) is 16.8 Å². The Hall–Kier alpha value is -0.474. The van der Waals surface area contributed by atoms with Crippen LogP contribution in [0.5, 0.6) is 5.75 Å². The van der Waals surface area contributed by atoms with Crippen molar-refractivity contribution in [1.82, 2.24) is 0 Å². The van der Waals surface area contributed by atoms with Crippen molar-refractivity contribution < 1.29 is 21.5 Å². The minimum Gasteiger partial charge on any atom is -0.497 e. The van der Waals surface area contributed by atoms with E-state index in [0.717, 1.165) is 5.75 Å². The van der Waals surface area contributed by atoms with Gasteiger partial charge in [-0.25, -0.2) is 0 Å². The van der Waals surface area contributed by atoms with E-state index >= 15 is 0 Å². The molecule has 1 nitrogen and oxygen atoms in total. The van der Waals surface area contributed by atoms with Gasteiger partial charge in [-0.15, -0.1) is 0 Å². The molecule has 1 rings (SSSR count). The Morgan fingerprint density at radius 3 is 2.00 bits per heavy atom. The van der Waals surface area contributed by atoms with Crippen molar-refractivity contribution in [2.45, 2.75) is 0 Å². The molecule has 0 heterocycles. The summed E-state index contributed by atoms with van der Waals surface area (Å²) in [6, 6.07) is 9.68. The van der Waals surface area contributed by atoms with Gasteiger partial charge in [-0.1, -0.05) is 18.2 Å². The summed E-state index contributed by atoms with van der Waals surface area (Å²) in [6.45, 7) is 0. The summed E-state index contributed by atoms with van der Waals surface area (Å²) in [5, 5.41) is 0. The Bertz CT molecular complexity index is 150. The minimum absolute atomic E-state index is 0. The molecule has 0 aliphatic heterocycles. The van der Waals surface area contributed by atoms with Gasteiger partial charge in [0, 0.05) is 16.8 Å². The van der Waals surface area contributed by atoms with Crippen LogP contribution in [0.3, 0.4) is 0 Å². The SMILES string of the molecule is COc1ccccc1.[Co]. The molecule has 0 aromatic heterocycles. The summed E-state index contributed by atoms with van der Waals surface area (Å²) in [4.78, 5) is 0. The molecule has 1 radical (unpaired) electrons. The van der Waals surface area contributed by atoms with E-state index in [2.05, 4.69) is 0 Å². The van der Waals surface area contributed by atoms with Crippen LogP contribution in [0, 0.1) is 0 Å². The number of rotatable bonds is 1. The molecule has 9 heavy (non-hydrogen) atoms. The predicted octanol–water partition coefficient (Wildman–Crippen LogP) is 1.69. The minimum atomic E-state index is 0. The quantitative estimate of drug-likeness (QED) is 0.618. The normalized spacial score (nSPS) is 7.67. The average Bonchev–Trinajstić information content (AvgIpc) is 1.90. The van der Waals surface area contributed by atoms with Crippen molar-refractivity contribution in [2.75, 3.05) is 7.11 Å². The van der Waals surface area contributed by atoms with Crippen molar-refractivity contribution in [1.29, 1.82) is 0 Å². The first-order valence-corrected chi connectivity index (χ1v) is 2.52. The third kappa shape index (κ3) is 2.53. The summed E-state index contributed by atoms with van der Waals surface area (Å²) < 4.78 is 4.91. The Kier molecular flexibility index (Phi) is 4.18. The van der Waals surface area contributed by atoms with E-state index in [0.29, 0.717) is 0 Å². The molecule has 1 aromatic rings. The van der Waals surface area contributed by atoms with Gasteiger partial charge >= 0.3 is 0 Å². The van der Waals surface area contributed by atoms with Crippen LogP contribution in [0.15, 0.2) is 30.3 Å². The van der Waals surface area contributed by atoms with E-state index in [1.807, 2.05) is 30.3 Å². The standard InChI is InChI=1S/C7H8O.Co/c1-8-7-5-3-2-4-6-7;/h2-6H,1H3;. The number of benzene rings is 1. The van der Waals surface area contributed by atoms with Gasteiger partial charge in [-0.05, 0) is 12.1 Å². The maximum atomic E-state index is 4.91. The Morgan fingerprint density at radius 2 is 1.67 bits per heavy atom. The molecule has 0 amide bonds. The predicted molar refractivity (Wildman–Crippen MR) is 33.0 cm³/mol. The summed E-state index contributed by atoms with van der Waals surface area (Å²) >= 11 is 0. The average molecular weight is 167 g/mol. The third-order valence-corrected chi connectivity index (χ3v) is 0.979. The Morgan fingerprint density at radius 1 is 1.11 bits per heavy atom. The van der Waals surface area contributed by atoms with E-state index in [4.69, 9.17) is 4.74 Å². The van der Waals surface area contributed by atoms with Gasteiger partial charge in [0.1, 0.15) is 5.75 Å². The van der Waals surface area contributed by atoms with Crippen molar-refractivity contribution in [3.05, 3.63) is 30.3 Å². The number of ether oxygens (including phenoxy) is 1. The summed E-state index contributed by atoms with van der Waals surface area (Å²) in [6.07, 6.45) is 0. The fourth-order valence-electron chi connectivity index (χ4n) is 0.557. The number of methoxy groups -OCH3 is 1. The first-order chi connectivity index (χ1) is 3.93. The number of hydrogen-bond acceptors (Lipinski definition) is 1. The van der Waals surface area contributed by atoms with Gasteiger partial charge < -0.3 is 4.74 Å². The van der Waals surface area contributed by atoms with Gasteiger partial charge in [-0.2, -0.15) is 0 Å². The van der Waals surface area contributed by atoms with E-state index in [9.17, 15) is 0 Å². The molecule has 0 atom stereocenters. The first kappa shape index (κ1) is 8.53. The molecular formula is C7H8CoO. The maximum Gasteiger partial charge on any atom is 0.118 e. The Balaban J connectivity index is 0.000000640. The molecule has 51 valence electrons. The fourth-order valence-corrected chi connectivity index (χ4v) is 0.557. The number of para-hydroxylation sites is 1. The smallest absolute Gasteiger partial charge is 0.118 e. The molecule has 0 aliphatic carbocycles. The van der Waals surface area contributed by atoms with Crippen LogP contribution in [0.25, 0.3) is 0 Å². The van der Waals surface area contributed by atoms with Gasteiger partial charge in [0.25, 0.3) is 0 Å². The second-order valence-corrected chi connectivity index (χ2v) is 1.52. The van der Waals surface area contributed by atoms with Crippen LogP contribution < -0.4 is 4.74 Å². The molecule has 0 fully saturated rings.